The number of ether oxygens (including phenoxy) is 1. The van der Waals surface area contributed by atoms with Crippen molar-refractivity contribution in [1.29, 1.82) is 0 Å². The third-order valence-electron chi connectivity index (χ3n) is 5.78. The predicted molar refractivity (Wildman–Crippen MR) is 135 cm³/mol. The Balaban J connectivity index is 1.49. The molecule has 4 aromatic rings. The molecule has 0 aliphatic rings. The summed E-state index contributed by atoms with van der Waals surface area (Å²) in [5.41, 5.74) is 4.17. The van der Waals surface area contributed by atoms with Crippen molar-refractivity contribution in [3.05, 3.63) is 95.1 Å². The predicted octanol–water partition coefficient (Wildman–Crippen LogP) is 5.24. The third-order valence-corrected chi connectivity index (χ3v) is 6.03. The first-order valence-corrected chi connectivity index (χ1v) is 11.3. The number of carbonyl (C=O) groups excluding carboxylic acids is 1. The molecule has 6 heteroatoms. The Morgan fingerprint density at radius 3 is 2.58 bits per heavy atom. The quantitative estimate of drug-likeness (QED) is 0.358. The molecule has 0 saturated carbocycles. The smallest absolute Gasteiger partial charge is 0.224 e. The number of aromatic amines is 1. The minimum absolute atomic E-state index is 0.0100. The molecule has 5 nitrogen and oxygen atoms in total. The van der Waals surface area contributed by atoms with E-state index in [4.69, 9.17) is 16.3 Å². The summed E-state index contributed by atoms with van der Waals surface area (Å²) in [6.07, 6.45) is 2.94. The first-order valence-electron chi connectivity index (χ1n) is 11.0. The molecule has 2 N–H and O–H groups in total. The van der Waals surface area contributed by atoms with Crippen LogP contribution in [0.3, 0.4) is 0 Å². The number of halogens is 1. The van der Waals surface area contributed by atoms with E-state index in [0.29, 0.717) is 18.0 Å². The first-order chi connectivity index (χ1) is 16.0. The molecule has 0 saturated heterocycles. The van der Waals surface area contributed by atoms with Crippen molar-refractivity contribution < 1.29 is 9.53 Å². The average molecular weight is 462 g/mol. The SMILES string of the molecule is COc1ccc2[nH]cc(CC(=O)N[C@@H](Cc3ccccc3)CN(C)c3ccc(Cl)cc3)c2c1. The van der Waals surface area contributed by atoms with Crippen LogP contribution in [0.25, 0.3) is 10.9 Å². The van der Waals surface area contributed by atoms with E-state index in [1.165, 1.54) is 5.56 Å². The summed E-state index contributed by atoms with van der Waals surface area (Å²) >= 11 is 6.04. The number of methoxy groups -OCH3 is 1. The number of carbonyl (C=O) groups is 1. The van der Waals surface area contributed by atoms with Crippen molar-refractivity contribution >= 4 is 34.1 Å². The van der Waals surface area contributed by atoms with Crippen LogP contribution >= 0.6 is 11.6 Å². The second kappa shape index (κ2) is 10.5. The van der Waals surface area contributed by atoms with Crippen molar-refractivity contribution in [1.82, 2.24) is 10.3 Å². The van der Waals surface area contributed by atoms with Gasteiger partial charge in [-0.05, 0) is 60.0 Å². The standard InChI is InChI=1S/C27H28ClN3O2/c1-31(23-10-8-21(28)9-11-23)18-22(14-19-6-4-3-5-7-19)30-27(32)15-20-17-29-26-13-12-24(33-2)16-25(20)26/h3-13,16-17,22,29H,14-15,18H2,1-2H3,(H,30,32)/t22-/m0/s1. The second-order valence-corrected chi connectivity index (χ2v) is 8.65. The molecule has 0 fully saturated rings. The molecule has 170 valence electrons. The van der Waals surface area contributed by atoms with Gasteiger partial charge >= 0.3 is 0 Å². The Bertz CT molecular complexity index is 1210. The summed E-state index contributed by atoms with van der Waals surface area (Å²) < 4.78 is 5.35. The lowest BCUT2D eigenvalue weighted by atomic mass is 10.0. The van der Waals surface area contributed by atoms with Crippen LogP contribution in [0.4, 0.5) is 5.69 Å². The van der Waals surface area contributed by atoms with Crippen molar-refractivity contribution in [3.63, 3.8) is 0 Å². The molecule has 1 amide bonds. The Morgan fingerprint density at radius 2 is 1.85 bits per heavy atom. The highest BCUT2D eigenvalue weighted by Gasteiger charge is 2.18. The number of rotatable bonds is 9. The topological polar surface area (TPSA) is 57.4 Å². The highest BCUT2D eigenvalue weighted by atomic mass is 35.5. The molecule has 0 unspecified atom stereocenters. The van der Waals surface area contributed by atoms with Crippen molar-refractivity contribution in [3.8, 4) is 5.75 Å². The summed E-state index contributed by atoms with van der Waals surface area (Å²) in [6.45, 7) is 0.671. The highest BCUT2D eigenvalue weighted by molar-refractivity contribution is 6.30. The van der Waals surface area contributed by atoms with Gasteiger partial charge in [-0.2, -0.15) is 0 Å². The number of nitrogens with one attached hydrogen (secondary N) is 2. The van der Waals surface area contributed by atoms with Crippen LogP contribution in [0.2, 0.25) is 5.02 Å². The molecular formula is C27H28ClN3O2. The lowest BCUT2D eigenvalue weighted by Crippen LogP contribution is -2.44. The summed E-state index contributed by atoms with van der Waals surface area (Å²) in [7, 11) is 3.67. The average Bonchev–Trinajstić information content (AvgIpc) is 3.21. The van der Waals surface area contributed by atoms with Gasteiger partial charge in [-0.1, -0.05) is 41.9 Å². The molecule has 0 spiro atoms. The van der Waals surface area contributed by atoms with Crippen LogP contribution < -0.4 is 15.0 Å². The van der Waals surface area contributed by atoms with Crippen LogP contribution in [0, 0.1) is 0 Å². The van der Waals surface area contributed by atoms with E-state index in [0.717, 1.165) is 34.3 Å². The van der Waals surface area contributed by atoms with Crippen molar-refractivity contribution in [2.45, 2.75) is 18.9 Å². The monoisotopic (exact) mass is 461 g/mol. The van der Waals surface area contributed by atoms with E-state index in [1.54, 1.807) is 7.11 Å². The van der Waals surface area contributed by atoms with E-state index in [-0.39, 0.29) is 11.9 Å². The largest absolute Gasteiger partial charge is 0.497 e. The number of anilines is 1. The summed E-state index contributed by atoms with van der Waals surface area (Å²) in [4.78, 5) is 18.5. The molecule has 0 radical (unpaired) electrons. The summed E-state index contributed by atoms with van der Waals surface area (Å²) in [5.74, 6) is 0.763. The van der Waals surface area contributed by atoms with Gasteiger partial charge in [0.25, 0.3) is 0 Å². The van der Waals surface area contributed by atoms with Crippen molar-refractivity contribution in [2.24, 2.45) is 0 Å². The van der Waals surface area contributed by atoms with Crippen LogP contribution in [0.15, 0.2) is 79.0 Å². The first kappa shape index (κ1) is 22.7. The number of hydrogen-bond donors (Lipinski definition) is 2. The molecule has 33 heavy (non-hydrogen) atoms. The number of H-pyrrole nitrogens is 1. The number of benzene rings is 3. The maximum absolute atomic E-state index is 13.1. The zero-order valence-electron chi connectivity index (χ0n) is 18.8. The van der Waals surface area contributed by atoms with E-state index in [2.05, 4.69) is 27.3 Å². The highest BCUT2D eigenvalue weighted by Crippen LogP contribution is 2.24. The third kappa shape index (κ3) is 5.88. The van der Waals surface area contributed by atoms with Gasteiger partial charge in [0.05, 0.1) is 19.6 Å². The molecule has 0 bridgehead atoms. The molecule has 1 heterocycles. The number of aromatic nitrogens is 1. The zero-order chi connectivity index (χ0) is 23.2. The lowest BCUT2D eigenvalue weighted by molar-refractivity contribution is -0.121. The van der Waals surface area contributed by atoms with E-state index < -0.39 is 0 Å². The van der Waals surface area contributed by atoms with Crippen molar-refractivity contribution in [2.75, 3.05) is 25.6 Å². The maximum atomic E-state index is 13.1. The lowest BCUT2D eigenvalue weighted by Gasteiger charge is -2.27. The van der Waals surface area contributed by atoms with Gasteiger partial charge in [0, 0.05) is 41.4 Å². The molecule has 4 rings (SSSR count). The molecule has 1 atom stereocenters. The van der Waals surface area contributed by atoms with Crippen LogP contribution in [-0.4, -0.2) is 37.6 Å². The van der Waals surface area contributed by atoms with Gasteiger partial charge in [-0.15, -0.1) is 0 Å². The number of likely N-dealkylation sites (N-methyl/N-ethyl adjacent to an activating group) is 1. The fourth-order valence-corrected chi connectivity index (χ4v) is 4.20. The Kier molecular flexibility index (Phi) is 7.20. The fraction of sp³-hybridized carbons (Fsp3) is 0.222. The van der Waals surface area contributed by atoms with Gasteiger partial charge in [-0.3, -0.25) is 4.79 Å². The summed E-state index contributed by atoms with van der Waals surface area (Å²) in [5, 5.41) is 4.96. The molecular weight excluding hydrogens is 434 g/mol. The number of amides is 1. The van der Waals surface area contributed by atoms with Crippen LogP contribution in [-0.2, 0) is 17.6 Å². The van der Waals surface area contributed by atoms with Gasteiger partial charge < -0.3 is 19.9 Å². The van der Waals surface area contributed by atoms with Gasteiger partial charge in [-0.25, -0.2) is 0 Å². The number of nitrogens with zero attached hydrogens (tertiary/aromatic N) is 1. The van der Waals surface area contributed by atoms with E-state index in [1.807, 2.05) is 73.9 Å². The maximum Gasteiger partial charge on any atom is 0.224 e. The molecule has 0 aliphatic carbocycles. The van der Waals surface area contributed by atoms with Gasteiger partial charge in [0.2, 0.25) is 5.91 Å². The van der Waals surface area contributed by atoms with Crippen LogP contribution in [0.1, 0.15) is 11.1 Å². The fourth-order valence-electron chi connectivity index (χ4n) is 4.07. The minimum atomic E-state index is -0.0553. The molecule has 1 aromatic heterocycles. The van der Waals surface area contributed by atoms with Gasteiger partial charge in [0.1, 0.15) is 5.75 Å². The van der Waals surface area contributed by atoms with E-state index in [9.17, 15) is 4.79 Å². The van der Waals surface area contributed by atoms with E-state index >= 15 is 0 Å². The van der Waals surface area contributed by atoms with Gasteiger partial charge in [0.15, 0.2) is 0 Å². The molecule has 3 aromatic carbocycles. The Morgan fingerprint density at radius 1 is 1.09 bits per heavy atom. The molecule has 0 aliphatic heterocycles. The minimum Gasteiger partial charge on any atom is -0.497 e. The zero-order valence-corrected chi connectivity index (χ0v) is 19.6. The second-order valence-electron chi connectivity index (χ2n) is 8.21. The van der Waals surface area contributed by atoms with Crippen LogP contribution in [0.5, 0.6) is 5.75 Å². The Hall–Kier alpha value is -3.44. The summed E-state index contributed by atoms with van der Waals surface area (Å²) in [6, 6.07) is 23.7. The normalized spacial score (nSPS) is 11.8. The number of hydrogen-bond acceptors (Lipinski definition) is 3. The number of fused-ring (bicyclic) bond motifs is 1. The Labute approximate surface area is 199 Å².